The molecule has 1 aliphatic rings. The molecular formula is C24H26ClN3O3. The highest BCUT2D eigenvalue weighted by Crippen LogP contribution is 2.44. The van der Waals surface area contributed by atoms with Crippen molar-refractivity contribution in [1.29, 1.82) is 0 Å². The minimum absolute atomic E-state index is 0.0418. The zero-order valence-electron chi connectivity index (χ0n) is 17.9. The minimum Gasteiger partial charge on any atom is -0.493 e. The SMILES string of the molecule is CCCOc1ccc(C2c3c(-c4ccc(Cl)cc4)n[nH]c3C(=O)N2CCC)cc1OC. The van der Waals surface area contributed by atoms with Crippen molar-refractivity contribution in [2.75, 3.05) is 20.3 Å². The number of benzene rings is 2. The monoisotopic (exact) mass is 439 g/mol. The molecule has 0 saturated carbocycles. The number of halogens is 1. The van der Waals surface area contributed by atoms with E-state index in [2.05, 4.69) is 24.0 Å². The van der Waals surface area contributed by atoms with Crippen LogP contribution in [0.1, 0.15) is 54.3 Å². The summed E-state index contributed by atoms with van der Waals surface area (Å²) in [5.74, 6) is 1.31. The summed E-state index contributed by atoms with van der Waals surface area (Å²) in [6.07, 6.45) is 1.76. The number of aromatic nitrogens is 2. The second-order valence-electron chi connectivity index (χ2n) is 7.53. The molecule has 1 amide bonds. The predicted octanol–water partition coefficient (Wildman–Crippen LogP) is 5.48. The lowest BCUT2D eigenvalue weighted by atomic mass is 9.95. The molecule has 3 aromatic rings. The Hall–Kier alpha value is -2.99. The van der Waals surface area contributed by atoms with Crippen molar-refractivity contribution in [3.63, 3.8) is 0 Å². The smallest absolute Gasteiger partial charge is 0.273 e. The number of methoxy groups -OCH3 is 1. The predicted molar refractivity (Wildman–Crippen MR) is 121 cm³/mol. The number of H-pyrrole nitrogens is 1. The van der Waals surface area contributed by atoms with Crippen LogP contribution in [-0.4, -0.2) is 41.3 Å². The number of nitrogens with zero attached hydrogens (tertiary/aromatic N) is 2. The third-order valence-corrected chi connectivity index (χ3v) is 5.66. The van der Waals surface area contributed by atoms with Gasteiger partial charge in [-0.2, -0.15) is 5.10 Å². The second kappa shape index (κ2) is 9.02. The molecule has 4 rings (SSSR count). The van der Waals surface area contributed by atoms with Crippen LogP contribution in [0.3, 0.4) is 0 Å². The molecule has 1 aromatic heterocycles. The summed E-state index contributed by atoms with van der Waals surface area (Å²) in [6, 6.07) is 13.1. The van der Waals surface area contributed by atoms with E-state index in [1.807, 2.05) is 47.4 Å². The lowest BCUT2D eigenvalue weighted by molar-refractivity contribution is 0.0743. The maximum Gasteiger partial charge on any atom is 0.273 e. The summed E-state index contributed by atoms with van der Waals surface area (Å²) >= 11 is 6.07. The molecule has 0 fully saturated rings. The molecule has 1 aliphatic heterocycles. The number of amides is 1. The van der Waals surface area contributed by atoms with Crippen molar-refractivity contribution in [2.45, 2.75) is 32.7 Å². The Balaban J connectivity index is 1.82. The van der Waals surface area contributed by atoms with Crippen molar-refractivity contribution in [3.8, 4) is 22.8 Å². The van der Waals surface area contributed by atoms with Gasteiger partial charge in [-0.05, 0) is 42.7 Å². The van der Waals surface area contributed by atoms with Crippen molar-refractivity contribution >= 4 is 17.5 Å². The molecule has 2 aromatic carbocycles. The molecule has 0 saturated heterocycles. The first kappa shape index (κ1) is 21.2. The number of hydrogen-bond acceptors (Lipinski definition) is 4. The van der Waals surface area contributed by atoms with E-state index in [1.54, 1.807) is 7.11 Å². The van der Waals surface area contributed by atoms with Crippen LogP contribution in [0, 0.1) is 0 Å². The Kier molecular flexibility index (Phi) is 6.18. The van der Waals surface area contributed by atoms with Gasteiger partial charge in [0.15, 0.2) is 11.5 Å². The molecule has 0 bridgehead atoms. The molecule has 7 heteroatoms. The molecule has 0 spiro atoms. The fourth-order valence-corrected chi connectivity index (χ4v) is 4.15. The summed E-state index contributed by atoms with van der Waals surface area (Å²) in [6.45, 7) is 5.39. The third-order valence-electron chi connectivity index (χ3n) is 5.41. The van der Waals surface area contributed by atoms with Crippen LogP contribution in [0.15, 0.2) is 42.5 Å². The van der Waals surface area contributed by atoms with E-state index in [9.17, 15) is 4.79 Å². The third kappa shape index (κ3) is 3.88. The number of rotatable bonds is 8. The van der Waals surface area contributed by atoms with E-state index >= 15 is 0 Å². The van der Waals surface area contributed by atoms with Gasteiger partial charge in [0, 0.05) is 22.7 Å². The number of hydrogen-bond donors (Lipinski definition) is 1. The summed E-state index contributed by atoms with van der Waals surface area (Å²) < 4.78 is 11.4. The molecule has 2 heterocycles. The Labute approximate surface area is 187 Å². The van der Waals surface area contributed by atoms with Crippen molar-refractivity contribution < 1.29 is 14.3 Å². The fourth-order valence-electron chi connectivity index (χ4n) is 4.03. The van der Waals surface area contributed by atoms with E-state index in [0.717, 1.165) is 35.2 Å². The highest BCUT2D eigenvalue weighted by Gasteiger charge is 2.42. The number of nitrogens with one attached hydrogen (secondary N) is 1. The van der Waals surface area contributed by atoms with Crippen molar-refractivity contribution in [3.05, 3.63) is 64.3 Å². The minimum atomic E-state index is -0.263. The number of ether oxygens (including phenoxy) is 2. The van der Waals surface area contributed by atoms with Crippen LogP contribution in [-0.2, 0) is 0 Å². The van der Waals surface area contributed by atoms with Crippen LogP contribution in [0.2, 0.25) is 5.02 Å². The number of aromatic amines is 1. The Bertz CT molecular complexity index is 1080. The standard InChI is InChI=1S/C24H26ClN3O3/c1-4-12-28-23(16-8-11-18(31-13-5-2)19(14-16)30-3)20-21(26-27-22(20)24(28)29)15-6-9-17(25)10-7-15/h6-11,14,23H,4-5,12-13H2,1-3H3,(H,26,27). The zero-order valence-corrected chi connectivity index (χ0v) is 18.7. The van der Waals surface area contributed by atoms with Gasteiger partial charge in [0.05, 0.1) is 25.5 Å². The number of fused-ring (bicyclic) bond motifs is 1. The van der Waals surface area contributed by atoms with E-state index in [4.69, 9.17) is 21.1 Å². The molecule has 31 heavy (non-hydrogen) atoms. The summed E-state index contributed by atoms with van der Waals surface area (Å²) in [5.41, 5.74) is 4.04. The fraction of sp³-hybridized carbons (Fsp3) is 0.333. The zero-order chi connectivity index (χ0) is 22.0. The quantitative estimate of drug-likeness (QED) is 0.504. The number of carbonyl (C=O) groups excluding carboxylic acids is 1. The Morgan fingerprint density at radius 1 is 1.10 bits per heavy atom. The van der Waals surface area contributed by atoms with E-state index < -0.39 is 0 Å². The molecular weight excluding hydrogens is 414 g/mol. The molecule has 0 radical (unpaired) electrons. The largest absolute Gasteiger partial charge is 0.493 e. The van der Waals surface area contributed by atoms with Crippen LogP contribution < -0.4 is 9.47 Å². The van der Waals surface area contributed by atoms with E-state index in [0.29, 0.717) is 35.4 Å². The van der Waals surface area contributed by atoms with Crippen LogP contribution in [0.25, 0.3) is 11.3 Å². The first-order chi connectivity index (χ1) is 15.1. The van der Waals surface area contributed by atoms with Crippen molar-refractivity contribution in [2.24, 2.45) is 0 Å². The molecule has 1 unspecified atom stereocenters. The van der Waals surface area contributed by atoms with Gasteiger partial charge in [0.1, 0.15) is 5.69 Å². The highest BCUT2D eigenvalue weighted by atomic mass is 35.5. The lowest BCUT2D eigenvalue weighted by Gasteiger charge is -2.26. The number of carbonyl (C=O) groups is 1. The topological polar surface area (TPSA) is 67.5 Å². The van der Waals surface area contributed by atoms with Crippen molar-refractivity contribution in [1.82, 2.24) is 15.1 Å². The lowest BCUT2D eigenvalue weighted by Crippen LogP contribution is -2.30. The van der Waals surface area contributed by atoms with E-state index in [1.165, 1.54) is 0 Å². The van der Waals surface area contributed by atoms with Gasteiger partial charge in [0.2, 0.25) is 0 Å². The van der Waals surface area contributed by atoms with Gasteiger partial charge in [-0.1, -0.05) is 43.6 Å². The van der Waals surface area contributed by atoms with Crippen LogP contribution >= 0.6 is 11.6 Å². The van der Waals surface area contributed by atoms with E-state index in [-0.39, 0.29) is 11.9 Å². The maximum atomic E-state index is 13.2. The molecule has 0 aliphatic carbocycles. The van der Waals surface area contributed by atoms with Gasteiger partial charge in [0.25, 0.3) is 5.91 Å². The first-order valence-electron chi connectivity index (χ1n) is 10.5. The first-order valence-corrected chi connectivity index (χ1v) is 10.9. The Morgan fingerprint density at radius 2 is 1.87 bits per heavy atom. The van der Waals surface area contributed by atoms with Gasteiger partial charge >= 0.3 is 0 Å². The summed E-state index contributed by atoms with van der Waals surface area (Å²) in [7, 11) is 1.63. The summed E-state index contributed by atoms with van der Waals surface area (Å²) in [5, 5.41) is 8.12. The summed E-state index contributed by atoms with van der Waals surface area (Å²) in [4.78, 5) is 15.1. The van der Waals surface area contributed by atoms with Gasteiger partial charge < -0.3 is 14.4 Å². The average molecular weight is 440 g/mol. The molecule has 1 atom stereocenters. The molecule has 1 N–H and O–H groups in total. The van der Waals surface area contributed by atoms with Gasteiger partial charge in [-0.3, -0.25) is 9.89 Å². The van der Waals surface area contributed by atoms with Crippen LogP contribution in [0.5, 0.6) is 11.5 Å². The second-order valence-corrected chi connectivity index (χ2v) is 7.96. The molecule has 6 nitrogen and oxygen atoms in total. The van der Waals surface area contributed by atoms with Gasteiger partial charge in [-0.15, -0.1) is 0 Å². The normalized spacial score (nSPS) is 15.3. The highest BCUT2D eigenvalue weighted by molar-refractivity contribution is 6.30. The van der Waals surface area contributed by atoms with Crippen LogP contribution in [0.4, 0.5) is 0 Å². The maximum absolute atomic E-state index is 13.2. The Morgan fingerprint density at radius 3 is 2.55 bits per heavy atom. The average Bonchev–Trinajstić information content (AvgIpc) is 3.32. The molecule has 162 valence electrons. The van der Waals surface area contributed by atoms with Gasteiger partial charge in [-0.25, -0.2) is 0 Å².